The lowest BCUT2D eigenvalue weighted by Crippen LogP contribution is -2.45. The Morgan fingerprint density at radius 3 is 2.62 bits per heavy atom. The number of nitrogens with zero attached hydrogens (tertiary/aromatic N) is 1. The molecule has 1 fully saturated rings. The minimum Gasteiger partial charge on any atom is -0.373 e. The van der Waals surface area contributed by atoms with Crippen LogP contribution in [0.4, 0.5) is 5.69 Å². The standard InChI is InChI=1S/C18H27N3O2S/c1-13(18(23)21(2)14-8-4-3-5-9-14)20-15-10-6-7-11-16(15)24-12-17(19)22/h6-7,10-11,13-14,20H,3-5,8-9,12H2,1-2H3,(H2,19,22)/t13-/m0/s1. The van der Waals surface area contributed by atoms with Crippen molar-refractivity contribution < 1.29 is 9.59 Å². The van der Waals surface area contributed by atoms with Gasteiger partial charge < -0.3 is 16.0 Å². The number of hydrogen-bond acceptors (Lipinski definition) is 4. The molecule has 0 heterocycles. The van der Waals surface area contributed by atoms with Crippen molar-refractivity contribution in [2.45, 2.75) is 56.0 Å². The molecule has 6 heteroatoms. The van der Waals surface area contributed by atoms with Crippen molar-refractivity contribution in [3.8, 4) is 0 Å². The van der Waals surface area contributed by atoms with Crippen molar-refractivity contribution >= 4 is 29.3 Å². The maximum atomic E-state index is 12.7. The summed E-state index contributed by atoms with van der Waals surface area (Å²) in [5.41, 5.74) is 6.08. The van der Waals surface area contributed by atoms with Gasteiger partial charge in [0.2, 0.25) is 11.8 Å². The quantitative estimate of drug-likeness (QED) is 0.742. The first-order chi connectivity index (χ1) is 11.5. The zero-order valence-corrected chi connectivity index (χ0v) is 15.3. The Labute approximate surface area is 148 Å². The SMILES string of the molecule is C[C@H](Nc1ccccc1SCC(N)=O)C(=O)N(C)C1CCCCC1. The number of amides is 2. The van der Waals surface area contributed by atoms with Crippen molar-refractivity contribution in [1.29, 1.82) is 0 Å². The van der Waals surface area contributed by atoms with Gasteiger partial charge in [-0.05, 0) is 31.9 Å². The predicted molar refractivity (Wildman–Crippen MR) is 99.1 cm³/mol. The van der Waals surface area contributed by atoms with E-state index in [2.05, 4.69) is 5.32 Å². The first-order valence-corrected chi connectivity index (χ1v) is 9.51. The third-order valence-electron chi connectivity index (χ3n) is 4.47. The third-order valence-corrected chi connectivity index (χ3v) is 5.57. The fourth-order valence-corrected chi connectivity index (χ4v) is 3.86. The number of carbonyl (C=O) groups excluding carboxylic acids is 2. The Balaban J connectivity index is 1.99. The van der Waals surface area contributed by atoms with Gasteiger partial charge in [-0.2, -0.15) is 0 Å². The van der Waals surface area contributed by atoms with Crippen molar-refractivity contribution in [3.05, 3.63) is 24.3 Å². The van der Waals surface area contributed by atoms with E-state index in [9.17, 15) is 9.59 Å². The maximum absolute atomic E-state index is 12.7. The Morgan fingerprint density at radius 1 is 1.29 bits per heavy atom. The lowest BCUT2D eigenvalue weighted by molar-refractivity contribution is -0.133. The lowest BCUT2D eigenvalue weighted by atomic mass is 9.94. The minimum absolute atomic E-state index is 0.108. The number of anilines is 1. The highest BCUT2D eigenvalue weighted by molar-refractivity contribution is 8.00. The van der Waals surface area contributed by atoms with Crippen LogP contribution in [0.3, 0.4) is 0 Å². The molecule has 132 valence electrons. The molecule has 24 heavy (non-hydrogen) atoms. The van der Waals surface area contributed by atoms with Crippen LogP contribution in [0.5, 0.6) is 0 Å². The van der Waals surface area contributed by atoms with E-state index in [1.165, 1.54) is 31.0 Å². The second kappa shape index (κ2) is 8.97. The summed E-state index contributed by atoms with van der Waals surface area (Å²) in [5.74, 6) is -0.0178. The summed E-state index contributed by atoms with van der Waals surface area (Å²) in [4.78, 5) is 26.5. The van der Waals surface area contributed by atoms with Crippen molar-refractivity contribution in [2.75, 3.05) is 18.1 Å². The minimum atomic E-state index is -0.351. The van der Waals surface area contributed by atoms with E-state index in [0.29, 0.717) is 6.04 Å². The van der Waals surface area contributed by atoms with E-state index in [1.54, 1.807) is 0 Å². The molecule has 0 saturated heterocycles. The molecule has 1 aliphatic carbocycles. The first kappa shape index (κ1) is 18.6. The molecule has 0 bridgehead atoms. The monoisotopic (exact) mass is 349 g/mol. The Hall–Kier alpha value is -1.69. The molecule has 5 nitrogen and oxygen atoms in total. The van der Waals surface area contributed by atoms with E-state index in [-0.39, 0.29) is 23.6 Å². The average Bonchev–Trinajstić information content (AvgIpc) is 2.60. The average molecular weight is 350 g/mol. The van der Waals surface area contributed by atoms with E-state index in [0.717, 1.165) is 23.4 Å². The highest BCUT2D eigenvalue weighted by Gasteiger charge is 2.25. The summed E-state index contributed by atoms with van der Waals surface area (Å²) < 4.78 is 0. The molecule has 0 aromatic heterocycles. The fourth-order valence-electron chi connectivity index (χ4n) is 3.11. The number of rotatable bonds is 7. The zero-order valence-electron chi connectivity index (χ0n) is 14.5. The summed E-state index contributed by atoms with van der Waals surface area (Å²) in [6.07, 6.45) is 5.88. The smallest absolute Gasteiger partial charge is 0.244 e. The van der Waals surface area contributed by atoms with Crippen LogP contribution in [-0.4, -0.2) is 41.6 Å². The van der Waals surface area contributed by atoms with Gasteiger partial charge in [-0.1, -0.05) is 31.4 Å². The molecule has 1 saturated carbocycles. The third kappa shape index (κ3) is 5.16. The number of benzene rings is 1. The Morgan fingerprint density at radius 2 is 1.96 bits per heavy atom. The van der Waals surface area contributed by atoms with Crippen LogP contribution < -0.4 is 11.1 Å². The Bertz CT molecular complexity index is 573. The van der Waals surface area contributed by atoms with Crippen LogP contribution in [0.25, 0.3) is 0 Å². The van der Waals surface area contributed by atoms with Gasteiger partial charge in [0.1, 0.15) is 6.04 Å². The van der Waals surface area contributed by atoms with Gasteiger partial charge in [-0.3, -0.25) is 9.59 Å². The highest BCUT2D eigenvalue weighted by atomic mass is 32.2. The molecule has 2 rings (SSSR count). The van der Waals surface area contributed by atoms with Crippen LogP contribution >= 0.6 is 11.8 Å². The van der Waals surface area contributed by atoms with Gasteiger partial charge in [-0.15, -0.1) is 11.8 Å². The van der Waals surface area contributed by atoms with E-state index in [1.807, 2.05) is 43.1 Å². The molecule has 2 amide bonds. The summed E-state index contributed by atoms with van der Waals surface area (Å²) in [7, 11) is 1.91. The van der Waals surface area contributed by atoms with Crippen molar-refractivity contribution in [2.24, 2.45) is 5.73 Å². The molecule has 1 aromatic carbocycles. The molecule has 1 atom stereocenters. The van der Waals surface area contributed by atoms with E-state index in [4.69, 9.17) is 5.73 Å². The molecular formula is C18H27N3O2S. The molecule has 0 radical (unpaired) electrons. The van der Waals surface area contributed by atoms with Crippen LogP contribution in [0.15, 0.2) is 29.2 Å². The molecule has 1 aromatic rings. The summed E-state index contributed by atoms with van der Waals surface area (Å²) in [6.45, 7) is 1.89. The predicted octanol–water partition coefficient (Wildman–Crippen LogP) is 2.86. The second-order valence-electron chi connectivity index (χ2n) is 6.36. The number of carbonyl (C=O) groups is 2. The molecule has 0 spiro atoms. The molecule has 0 unspecified atom stereocenters. The largest absolute Gasteiger partial charge is 0.373 e. The van der Waals surface area contributed by atoms with Gasteiger partial charge in [0.15, 0.2) is 0 Å². The summed E-state index contributed by atoms with van der Waals surface area (Å²) in [6, 6.07) is 7.72. The van der Waals surface area contributed by atoms with Crippen LogP contribution in [-0.2, 0) is 9.59 Å². The number of thioether (sulfide) groups is 1. The van der Waals surface area contributed by atoms with Crippen molar-refractivity contribution in [3.63, 3.8) is 0 Å². The van der Waals surface area contributed by atoms with Gasteiger partial charge in [0, 0.05) is 23.7 Å². The van der Waals surface area contributed by atoms with E-state index >= 15 is 0 Å². The highest BCUT2D eigenvalue weighted by Crippen LogP contribution is 2.28. The van der Waals surface area contributed by atoms with Crippen molar-refractivity contribution in [1.82, 2.24) is 4.90 Å². The van der Waals surface area contributed by atoms with Gasteiger partial charge in [-0.25, -0.2) is 0 Å². The second-order valence-corrected chi connectivity index (χ2v) is 7.38. The zero-order chi connectivity index (χ0) is 17.5. The summed E-state index contributed by atoms with van der Waals surface area (Å²) in [5, 5.41) is 3.29. The topological polar surface area (TPSA) is 75.4 Å². The molecule has 1 aliphatic rings. The number of hydrogen-bond donors (Lipinski definition) is 2. The lowest BCUT2D eigenvalue weighted by Gasteiger charge is -2.33. The number of likely N-dealkylation sites (N-methyl/N-ethyl adjacent to an activating group) is 1. The van der Waals surface area contributed by atoms with Crippen LogP contribution in [0, 0.1) is 0 Å². The summed E-state index contributed by atoms with van der Waals surface area (Å²) >= 11 is 1.38. The fraction of sp³-hybridized carbons (Fsp3) is 0.556. The van der Waals surface area contributed by atoms with E-state index < -0.39 is 0 Å². The van der Waals surface area contributed by atoms with Crippen LogP contribution in [0.1, 0.15) is 39.0 Å². The maximum Gasteiger partial charge on any atom is 0.244 e. The van der Waals surface area contributed by atoms with Gasteiger partial charge in [0.25, 0.3) is 0 Å². The number of nitrogens with one attached hydrogen (secondary N) is 1. The molecular weight excluding hydrogens is 322 g/mol. The van der Waals surface area contributed by atoms with Gasteiger partial charge >= 0.3 is 0 Å². The molecule has 0 aliphatic heterocycles. The number of primary amides is 1. The molecule has 3 N–H and O–H groups in total. The van der Waals surface area contributed by atoms with Crippen LogP contribution in [0.2, 0.25) is 0 Å². The van der Waals surface area contributed by atoms with Gasteiger partial charge in [0.05, 0.1) is 5.75 Å². The number of para-hydroxylation sites is 1. The number of nitrogens with two attached hydrogens (primary N) is 1. The Kier molecular flexibility index (Phi) is 6.97. The first-order valence-electron chi connectivity index (χ1n) is 8.52. The normalized spacial score (nSPS) is 16.4.